The van der Waals surface area contributed by atoms with E-state index in [1.165, 1.54) is 59.4 Å². The summed E-state index contributed by atoms with van der Waals surface area (Å²) in [6.07, 6.45) is 22.7. The van der Waals surface area contributed by atoms with E-state index in [4.69, 9.17) is 0 Å². The van der Waals surface area contributed by atoms with Crippen LogP contribution in [0.2, 0.25) is 44.6 Å². The van der Waals surface area contributed by atoms with E-state index in [0.717, 1.165) is 30.2 Å². The SMILES string of the molecule is CCC[C]12[CH]3[CH]4[CH]5[C]1(CCC)[Fe]43521678[C]2(CCC)[C]1(CCC)[C]6(CCC)[C]7(CCC)[C]28CCC. The van der Waals surface area contributed by atoms with Crippen molar-refractivity contribution in [2.75, 3.05) is 0 Å². The fourth-order valence-electron chi connectivity index (χ4n) is 29.3. The van der Waals surface area contributed by atoms with Crippen LogP contribution in [0.25, 0.3) is 0 Å². The molecule has 0 aromatic rings. The summed E-state index contributed by atoms with van der Waals surface area (Å²) in [7, 11) is 0. The molecule has 10 aliphatic heterocycles. The molecule has 10 aliphatic rings. The fraction of sp³-hybridized carbons (Fsp3) is 1.00. The molecular formula is C31H52Fe. The molecule has 0 aliphatic carbocycles. The fourth-order valence-corrected chi connectivity index (χ4v) is 123. The Labute approximate surface area is 189 Å². The van der Waals surface area contributed by atoms with E-state index in [9.17, 15) is 0 Å². The summed E-state index contributed by atoms with van der Waals surface area (Å²) in [5.41, 5.74) is 0. The predicted molar refractivity (Wildman–Crippen MR) is 134 cm³/mol. The van der Waals surface area contributed by atoms with Crippen molar-refractivity contribution in [2.24, 2.45) is 0 Å². The van der Waals surface area contributed by atoms with Crippen LogP contribution in [0.4, 0.5) is 0 Å². The van der Waals surface area contributed by atoms with Gasteiger partial charge in [0, 0.05) is 0 Å². The zero-order valence-electron chi connectivity index (χ0n) is 22.5. The molecule has 0 amide bonds. The van der Waals surface area contributed by atoms with Crippen molar-refractivity contribution in [3.8, 4) is 0 Å². The summed E-state index contributed by atoms with van der Waals surface area (Å²) in [5.74, 6) is 0. The summed E-state index contributed by atoms with van der Waals surface area (Å²) in [5, 5.41) is 0. The number of hydrogen-bond acceptors (Lipinski definition) is 0. The van der Waals surface area contributed by atoms with Crippen molar-refractivity contribution in [3.05, 3.63) is 0 Å². The van der Waals surface area contributed by atoms with Crippen LogP contribution in [0, 0.1) is 0 Å². The number of rotatable bonds is 14. The van der Waals surface area contributed by atoms with E-state index in [1.54, 1.807) is 44.9 Å². The van der Waals surface area contributed by atoms with Crippen LogP contribution in [-0.2, 0) is 6.51 Å². The molecule has 0 aromatic heterocycles. The zero-order chi connectivity index (χ0) is 22.4. The van der Waals surface area contributed by atoms with Gasteiger partial charge in [-0.25, -0.2) is 0 Å². The predicted octanol–water partition coefficient (Wildman–Crippen LogP) is 11.6. The Morgan fingerprint density at radius 3 is 0.844 bits per heavy atom. The summed E-state index contributed by atoms with van der Waals surface area (Å²) in [6.45, 7) is 14.2. The van der Waals surface area contributed by atoms with Crippen LogP contribution < -0.4 is 0 Å². The minimum atomic E-state index is -4.07. The molecule has 4 atom stereocenters. The zero-order valence-corrected chi connectivity index (χ0v) is 23.6. The molecule has 10 rings (SSSR count). The van der Waals surface area contributed by atoms with Gasteiger partial charge in [-0.05, 0) is 0 Å². The standard InChI is InChI=1S/C20H35.C11H17.Fe/c1-6-11-16-17(12-7-2)19(14-9-4)20(15-10-5)18(16)13-8-3;1-3-6-10-8-5-9-11(10)7-4-2;/h6-15H2,1-5H3;5,8-9H,3-4,6-7H2,1-2H3;. The molecule has 0 bridgehead atoms. The van der Waals surface area contributed by atoms with Crippen molar-refractivity contribution >= 4 is 0 Å². The Morgan fingerprint density at radius 1 is 0.406 bits per heavy atom. The average Bonchev–Trinajstić information content (AvgIpc) is 3.73. The Bertz CT molecular complexity index is 1240. The first kappa shape index (κ1) is 18.7. The first-order chi connectivity index (χ1) is 15.3. The third kappa shape index (κ3) is 0.251. The first-order valence-electron chi connectivity index (χ1n) is 15.5. The second-order valence-electron chi connectivity index (χ2n) is 16.4. The Kier molecular flexibility index (Phi) is 1.41. The van der Waals surface area contributed by atoms with Gasteiger partial charge < -0.3 is 0 Å². The summed E-state index contributed by atoms with van der Waals surface area (Å²) in [6, 6.07) is 0. The molecular weight excluding hydrogens is 428 g/mol. The maximum atomic E-state index is 2.61. The van der Waals surface area contributed by atoms with Crippen molar-refractivity contribution in [1.82, 2.24) is 0 Å². The van der Waals surface area contributed by atoms with E-state index in [1.807, 2.05) is 0 Å². The van der Waals surface area contributed by atoms with Crippen LogP contribution in [0.15, 0.2) is 0 Å². The molecule has 1 heteroatoms. The Hall–Kier alpha value is 0.519. The van der Waals surface area contributed by atoms with E-state index < -0.39 is 6.51 Å². The second kappa shape index (κ2) is 2.40. The topological polar surface area (TPSA) is 0 Å². The quantitative estimate of drug-likeness (QED) is 0.217. The van der Waals surface area contributed by atoms with Crippen LogP contribution >= 0.6 is 0 Å². The molecule has 0 radical (unpaired) electrons. The average molecular weight is 481 g/mol. The Morgan fingerprint density at radius 2 is 0.656 bits per heavy atom. The van der Waals surface area contributed by atoms with E-state index in [-0.39, 0.29) is 0 Å². The first-order valence-corrected chi connectivity index (χ1v) is 21.3. The number of hydrogen-bond donors (Lipinski definition) is 0. The van der Waals surface area contributed by atoms with Gasteiger partial charge in [-0.15, -0.1) is 0 Å². The second-order valence-corrected chi connectivity index (χ2v) is 38.8. The maximum absolute atomic E-state index is 4.07. The van der Waals surface area contributed by atoms with Gasteiger partial charge in [-0.2, -0.15) is 0 Å². The molecule has 184 valence electrons. The number of fused-ring (bicyclic) bond motifs is 10. The summed E-state index contributed by atoms with van der Waals surface area (Å²) >= 11 is 0. The molecule has 32 heavy (non-hydrogen) atoms. The van der Waals surface area contributed by atoms with E-state index in [2.05, 4.69) is 48.5 Å². The van der Waals surface area contributed by atoms with Crippen molar-refractivity contribution in [1.29, 1.82) is 0 Å². The van der Waals surface area contributed by atoms with Gasteiger partial charge in [0.05, 0.1) is 0 Å². The molecule has 0 aromatic carbocycles. The molecule has 10 heterocycles. The van der Waals surface area contributed by atoms with Crippen LogP contribution in [-0.4, -0.2) is 0 Å². The van der Waals surface area contributed by atoms with Crippen molar-refractivity contribution < 1.29 is 6.51 Å². The molecule has 0 N–H and O–H groups in total. The molecule has 10 saturated heterocycles. The van der Waals surface area contributed by atoms with E-state index in [0.29, 0.717) is 0 Å². The van der Waals surface area contributed by atoms with E-state index >= 15 is 0 Å². The van der Waals surface area contributed by atoms with Crippen molar-refractivity contribution in [2.45, 2.75) is 183 Å². The van der Waals surface area contributed by atoms with Crippen LogP contribution in [0.1, 0.15) is 138 Å². The third-order valence-corrected chi connectivity index (χ3v) is 71.3. The minimum absolute atomic E-state index is 0.990. The molecule has 0 nitrogen and oxygen atoms in total. The molecule has 1 spiro atoms. The Balaban J connectivity index is 1.48. The summed E-state index contributed by atoms with van der Waals surface area (Å²) in [4.78, 5) is 4.20. The molecule has 10 fully saturated rings. The molecule has 0 saturated carbocycles. The van der Waals surface area contributed by atoms with Gasteiger partial charge in [-0.3, -0.25) is 0 Å². The van der Waals surface area contributed by atoms with Gasteiger partial charge in [0.15, 0.2) is 0 Å². The van der Waals surface area contributed by atoms with Gasteiger partial charge >= 0.3 is 190 Å². The van der Waals surface area contributed by atoms with Crippen LogP contribution in [0.3, 0.4) is 0 Å². The normalized spacial score (nSPS) is 83.0. The van der Waals surface area contributed by atoms with Gasteiger partial charge in [-0.1, -0.05) is 0 Å². The van der Waals surface area contributed by atoms with Crippen molar-refractivity contribution in [3.63, 3.8) is 0 Å². The van der Waals surface area contributed by atoms with Gasteiger partial charge in [0.1, 0.15) is 0 Å². The summed E-state index contributed by atoms with van der Waals surface area (Å²) < 4.78 is 6.96. The van der Waals surface area contributed by atoms with Gasteiger partial charge in [0.2, 0.25) is 0 Å². The van der Waals surface area contributed by atoms with Crippen LogP contribution in [0.5, 0.6) is 0 Å². The molecule has 4 unspecified atom stereocenters. The third-order valence-electron chi connectivity index (χ3n) is 22.1. The monoisotopic (exact) mass is 480 g/mol. The van der Waals surface area contributed by atoms with Gasteiger partial charge in [0.25, 0.3) is 0 Å².